The van der Waals surface area contributed by atoms with Gasteiger partial charge in [0.2, 0.25) is 0 Å². The van der Waals surface area contributed by atoms with E-state index < -0.39 is 5.82 Å². The molecule has 120 valence electrons. The summed E-state index contributed by atoms with van der Waals surface area (Å²) < 4.78 is 14.0. The first-order valence-corrected chi connectivity index (χ1v) is 7.77. The predicted octanol–water partition coefficient (Wildman–Crippen LogP) is 2.80. The van der Waals surface area contributed by atoms with Crippen LogP contribution in [0.3, 0.4) is 0 Å². The maximum absolute atomic E-state index is 14.0. The van der Waals surface area contributed by atoms with Crippen LogP contribution in [-0.2, 0) is 0 Å². The van der Waals surface area contributed by atoms with E-state index in [4.69, 9.17) is 0 Å². The van der Waals surface area contributed by atoms with Crippen LogP contribution < -0.4 is 4.90 Å². The van der Waals surface area contributed by atoms with Crippen LogP contribution in [0.4, 0.5) is 10.1 Å². The van der Waals surface area contributed by atoms with Gasteiger partial charge in [0, 0.05) is 32.4 Å². The Morgan fingerprint density at radius 3 is 2.52 bits per heavy atom. The second-order valence-corrected chi connectivity index (χ2v) is 5.92. The van der Waals surface area contributed by atoms with Crippen molar-refractivity contribution < 1.29 is 9.18 Å². The van der Waals surface area contributed by atoms with Crippen molar-refractivity contribution in [3.05, 3.63) is 59.2 Å². The zero-order valence-corrected chi connectivity index (χ0v) is 13.4. The molecule has 0 bridgehead atoms. The Kier molecular flexibility index (Phi) is 4.28. The minimum Gasteiger partial charge on any atom is -0.367 e. The average molecular weight is 313 g/mol. The lowest BCUT2D eigenvalue weighted by Gasteiger charge is -2.36. The molecule has 5 heteroatoms. The van der Waals surface area contributed by atoms with E-state index in [1.54, 1.807) is 23.2 Å². The van der Waals surface area contributed by atoms with Gasteiger partial charge in [-0.1, -0.05) is 6.07 Å². The molecular formula is C18H20FN3O. The third-order valence-corrected chi connectivity index (χ3v) is 4.27. The largest absolute Gasteiger partial charge is 0.367 e. The van der Waals surface area contributed by atoms with Crippen LogP contribution >= 0.6 is 0 Å². The Bertz CT molecular complexity index is 724. The van der Waals surface area contributed by atoms with Crippen molar-refractivity contribution in [2.45, 2.75) is 13.8 Å². The SMILES string of the molecule is Cc1ccc(C(=O)N2CCN(c3cnccc3C)CC2)c(F)c1. The van der Waals surface area contributed by atoms with Gasteiger partial charge in [-0.3, -0.25) is 9.78 Å². The number of piperazine rings is 1. The summed E-state index contributed by atoms with van der Waals surface area (Å²) >= 11 is 0. The van der Waals surface area contributed by atoms with E-state index in [9.17, 15) is 9.18 Å². The van der Waals surface area contributed by atoms with Gasteiger partial charge in [0.25, 0.3) is 5.91 Å². The average Bonchev–Trinajstić information content (AvgIpc) is 2.55. The van der Waals surface area contributed by atoms with Gasteiger partial charge >= 0.3 is 0 Å². The molecule has 1 fully saturated rings. The molecule has 0 N–H and O–H groups in total. The number of rotatable bonds is 2. The number of aryl methyl sites for hydroxylation is 2. The molecule has 0 atom stereocenters. The molecule has 23 heavy (non-hydrogen) atoms. The second-order valence-electron chi connectivity index (χ2n) is 5.92. The maximum Gasteiger partial charge on any atom is 0.256 e. The molecular weight excluding hydrogens is 293 g/mol. The molecule has 1 amide bonds. The Morgan fingerprint density at radius 1 is 1.13 bits per heavy atom. The van der Waals surface area contributed by atoms with Crippen LogP contribution in [-0.4, -0.2) is 42.0 Å². The predicted molar refractivity (Wildman–Crippen MR) is 88.2 cm³/mol. The fourth-order valence-corrected chi connectivity index (χ4v) is 2.90. The molecule has 4 nitrogen and oxygen atoms in total. The molecule has 1 aromatic heterocycles. The number of anilines is 1. The molecule has 2 heterocycles. The van der Waals surface area contributed by atoms with Crippen LogP contribution in [0, 0.1) is 19.7 Å². The van der Waals surface area contributed by atoms with Crippen LogP contribution in [0.15, 0.2) is 36.7 Å². The quantitative estimate of drug-likeness (QED) is 0.855. The van der Waals surface area contributed by atoms with Crippen molar-refractivity contribution in [3.63, 3.8) is 0 Å². The summed E-state index contributed by atoms with van der Waals surface area (Å²) in [5.74, 6) is -0.675. The lowest BCUT2D eigenvalue weighted by molar-refractivity contribution is 0.0742. The lowest BCUT2D eigenvalue weighted by atomic mass is 10.1. The lowest BCUT2D eigenvalue weighted by Crippen LogP contribution is -2.49. The number of hydrogen-bond acceptors (Lipinski definition) is 3. The number of pyridine rings is 1. The number of amides is 1. The summed E-state index contributed by atoms with van der Waals surface area (Å²) in [6.45, 7) is 6.49. The number of halogens is 1. The highest BCUT2D eigenvalue weighted by Crippen LogP contribution is 2.21. The minimum absolute atomic E-state index is 0.154. The van der Waals surface area contributed by atoms with E-state index in [-0.39, 0.29) is 11.5 Å². The number of hydrogen-bond donors (Lipinski definition) is 0. The zero-order valence-electron chi connectivity index (χ0n) is 13.4. The first kappa shape index (κ1) is 15.5. The Morgan fingerprint density at radius 2 is 1.87 bits per heavy atom. The highest BCUT2D eigenvalue weighted by Gasteiger charge is 2.24. The van der Waals surface area contributed by atoms with E-state index in [0.717, 1.165) is 24.3 Å². The van der Waals surface area contributed by atoms with Gasteiger partial charge in [-0.15, -0.1) is 0 Å². The Labute approximate surface area is 135 Å². The molecule has 1 saturated heterocycles. The molecule has 0 aliphatic carbocycles. The molecule has 0 radical (unpaired) electrons. The first-order chi connectivity index (χ1) is 11.1. The summed E-state index contributed by atoms with van der Waals surface area (Å²) in [5.41, 5.74) is 3.24. The van der Waals surface area contributed by atoms with Crippen LogP contribution in [0.1, 0.15) is 21.5 Å². The number of nitrogens with zero attached hydrogens (tertiary/aromatic N) is 3. The summed E-state index contributed by atoms with van der Waals surface area (Å²) in [4.78, 5) is 20.6. The van der Waals surface area contributed by atoms with Gasteiger partial charge in [0.1, 0.15) is 5.82 Å². The molecule has 0 unspecified atom stereocenters. The highest BCUT2D eigenvalue weighted by molar-refractivity contribution is 5.94. The smallest absolute Gasteiger partial charge is 0.256 e. The van der Waals surface area contributed by atoms with E-state index in [2.05, 4.69) is 16.8 Å². The van der Waals surface area contributed by atoms with Crippen molar-refractivity contribution >= 4 is 11.6 Å². The summed E-state index contributed by atoms with van der Waals surface area (Å²) in [7, 11) is 0. The van der Waals surface area contributed by atoms with Crippen LogP contribution in [0.25, 0.3) is 0 Å². The van der Waals surface area contributed by atoms with Gasteiger partial charge in [-0.05, 0) is 43.2 Å². The fraction of sp³-hybridized carbons (Fsp3) is 0.333. The van der Waals surface area contributed by atoms with Crippen molar-refractivity contribution in [1.29, 1.82) is 0 Å². The Balaban J connectivity index is 1.69. The maximum atomic E-state index is 14.0. The van der Waals surface area contributed by atoms with E-state index in [1.165, 1.54) is 11.6 Å². The molecule has 3 rings (SSSR count). The first-order valence-electron chi connectivity index (χ1n) is 7.77. The number of carbonyl (C=O) groups excluding carboxylic acids is 1. The summed E-state index contributed by atoms with van der Waals surface area (Å²) in [5, 5.41) is 0. The zero-order chi connectivity index (χ0) is 16.4. The van der Waals surface area contributed by atoms with Gasteiger partial charge in [-0.25, -0.2) is 4.39 Å². The standard InChI is InChI=1S/C18H20FN3O/c1-13-3-4-15(16(19)11-13)18(23)22-9-7-21(8-10-22)17-12-20-6-5-14(17)2/h3-6,11-12H,7-10H2,1-2H3. The van der Waals surface area contributed by atoms with Gasteiger partial charge in [-0.2, -0.15) is 0 Å². The Hall–Kier alpha value is -2.43. The summed E-state index contributed by atoms with van der Waals surface area (Å²) in [6, 6.07) is 6.73. The third kappa shape index (κ3) is 3.18. The number of carbonyl (C=O) groups is 1. The van der Waals surface area contributed by atoms with Crippen molar-refractivity contribution in [1.82, 2.24) is 9.88 Å². The van der Waals surface area contributed by atoms with E-state index in [0.29, 0.717) is 13.1 Å². The number of aromatic nitrogens is 1. The highest BCUT2D eigenvalue weighted by atomic mass is 19.1. The minimum atomic E-state index is -0.444. The topological polar surface area (TPSA) is 36.4 Å². The van der Waals surface area contributed by atoms with E-state index >= 15 is 0 Å². The second kappa shape index (κ2) is 6.36. The van der Waals surface area contributed by atoms with Crippen molar-refractivity contribution in [2.75, 3.05) is 31.1 Å². The molecule has 2 aromatic rings. The van der Waals surface area contributed by atoms with Crippen molar-refractivity contribution in [2.24, 2.45) is 0 Å². The van der Waals surface area contributed by atoms with Gasteiger partial charge in [0.15, 0.2) is 0 Å². The normalized spacial score (nSPS) is 14.9. The van der Waals surface area contributed by atoms with Gasteiger partial charge < -0.3 is 9.80 Å². The fourth-order valence-electron chi connectivity index (χ4n) is 2.90. The molecule has 1 aliphatic rings. The van der Waals surface area contributed by atoms with Crippen LogP contribution in [0.2, 0.25) is 0 Å². The van der Waals surface area contributed by atoms with Gasteiger partial charge in [0.05, 0.1) is 17.4 Å². The van der Waals surface area contributed by atoms with Crippen molar-refractivity contribution in [3.8, 4) is 0 Å². The molecule has 0 spiro atoms. The summed E-state index contributed by atoms with van der Waals surface area (Å²) in [6.07, 6.45) is 3.63. The monoisotopic (exact) mass is 313 g/mol. The third-order valence-electron chi connectivity index (χ3n) is 4.27. The number of benzene rings is 1. The van der Waals surface area contributed by atoms with E-state index in [1.807, 2.05) is 19.2 Å². The van der Waals surface area contributed by atoms with Crippen LogP contribution in [0.5, 0.6) is 0 Å². The molecule has 0 saturated carbocycles. The molecule has 1 aromatic carbocycles. The molecule has 1 aliphatic heterocycles.